The monoisotopic (exact) mass is 450 g/mol. The molecule has 0 radical (unpaired) electrons. The Morgan fingerprint density at radius 3 is 2.84 bits per heavy atom. The van der Waals surface area contributed by atoms with Gasteiger partial charge in [0.1, 0.15) is 5.75 Å². The van der Waals surface area contributed by atoms with Gasteiger partial charge in [-0.1, -0.05) is 24.3 Å². The summed E-state index contributed by atoms with van der Waals surface area (Å²) in [6.07, 6.45) is 2.89. The van der Waals surface area contributed by atoms with Crippen molar-refractivity contribution in [2.24, 2.45) is 10.7 Å². The molecule has 5 nitrogen and oxygen atoms in total. The first-order valence-corrected chi connectivity index (χ1v) is 7.94. The molecule has 0 aliphatic carbocycles. The summed E-state index contributed by atoms with van der Waals surface area (Å²) in [4.78, 5) is 7.75. The first kappa shape index (κ1) is 19.1. The van der Waals surface area contributed by atoms with Crippen LogP contribution in [0.25, 0.3) is 10.9 Å². The van der Waals surface area contributed by atoms with Gasteiger partial charge in [0.2, 0.25) is 0 Å². The Bertz CT molecular complexity index is 873. The van der Waals surface area contributed by atoms with E-state index in [0.29, 0.717) is 12.5 Å². The molecule has 0 unspecified atom stereocenters. The summed E-state index contributed by atoms with van der Waals surface area (Å²) in [7, 11) is 1.64. The number of halogens is 1. The number of aromatic amines is 1. The molecule has 6 heteroatoms. The zero-order valence-corrected chi connectivity index (χ0v) is 16.7. The molecule has 3 rings (SSSR count). The number of hydrogen-bond acceptors (Lipinski definition) is 2. The van der Waals surface area contributed by atoms with Crippen LogP contribution in [0.15, 0.2) is 53.7 Å². The first-order chi connectivity index (χ1) is 11.7. The molecule has 0 spiro atoms. The van der Waals surface area contributed by atoms with Crippen LogP contribution in [0.5, 0.6) is 5.75 Å². The number of H-pyrrole nitrogens is 1. The molecule has 0 saturated carbocycles. The third-order valence-electron chi connectivity index (χ3n) is 4.01. The van der Waals surface area contributed by atoms with Crippen LogP contribution in [0.2, 0.25) is 0 Å². The lowest BCUT2D eigenvalue weighted by atomic mass is 10.1. The predicted molar refractivity (Wildman–Crippen MR) is 115 cm³/mol. The van der Waals surface area contributed by atoms with Crippen LogP contribution in [0.1, 0.15) is 11.1 Å². The van der Waals surface area contributed by atoms with Crippen molar-refractivity contribution in [1.29, 1.82) is 0 Å². The van der Waals surface area contributed by atoms with E-state index in [1.54, 1.807) is 7.11 Å². The molecule has 2 aromatic carbocycles. The number of aryl methyl sites for hydroxylation is 1. The summed E-state index contributed by atoms with van der Waals surface area (Å²) in [5.41, 5.74) is 10.5. The van der Waals surface area contributed by atoms with E-state index in [0.717, 1.165) is 17.9 Å². The highest BCUT2D eigenvalue weighted by Gasteiger charge is 2.05. The van der Waals surface area contributed by atoms with Gasteiger partial charge in [-0.25, -0.2) is 0 Å². The Morgan fingerprint density at radius 2 is 2.04 bits per heavy atom. The molecule has 0 fully saturated rings. The molecule has 132 valence electrons. The lowest BCUT2D eigenvalue weighted by molar-refractivity contribution is 0.415. The highest BCUT2D eigenvalue weighted by atomic mass is 127. The lowest BCUT2D eigenvalue weighted by Gasteiger charge is -2.07. The highest BCUT2D eigenvalue weighted by molar-refractivity contribution is 14.0. The number of fused-ring (bicyclic) bond motifs is 1. The summed E-state index contributed by atoms with van der Waals surface area (Å²) < 4.78 is 5.19. The number of nitrogens with two attached hydrogens (primary N) is 1. The van der Waals surface area contributed by atoms with Crippen molar-refractivity contribution in [3.63, 3.8) is 0 Å². The Hall–Kier alpha value is -2.22. The lowest BCUT2D eigenvalue weighted by Crippen LogP contribution is -2.23. The van der Waals surface area contributed by atoms with Crippen molar-refractivity contribution in [3.8, 4) is 5.75 Å². The maximum atomic E-state index is 5.96. The molecule has 3 aromatic rings. The molecule has 0 aliphatic heterocycles. The maximum Gasteiger partial charge on any atom is 0.193 e. The maximum absolute atomic E-state index is 5.96. The van der Waals surface area contributed by atoms with Crippen molar-refractivity contribution >= 4 is 46.5 Å². The highest BCUT2D eigenvalue weighted by Crippen LogP contribution is 2.21. The number of guanidine groups is 1. The minimum absolute atomic E-state index is 0. The van der Waals surface area contributed by atoms with Gasteiger partial charge in [-0.2, -0.15) is 0 Å². The Balaban J connectivity index is 0.00000225. The predicted octanol–water partition coefficient (Wildman–Crippen LogP) is 4.07. The van der Waals surface area contributed by atoms with Gasteiger partial charge in [0.15, 0.2) is 5.96 Å². The van der Waals surface area contributed by atoms with Gasteiger partial charge in [0, 0.05) is 35.4 Å². The van der Waals surface area contributed by atoms with E-state index in [2.05, 4.69) is 46.6 Å². The van der Waals surface area contributed by atoms with Gasteiger partial charge in [-0.15, -0.1) is 24.0 Å². The summed E-state index contributed by atoms with van der Waals surface area (Å²) in [5.74, 6) is 1.18. The largest absolute Gasteiger partial charge is 0.497 e. The minimum Gasteiger partial charge on any atom is -0.497 e. The van der Waals surface area contributed by atoms with Crippen LogP contribution in [0.3, 0.4) is 0 Å². The zero-order chi connectivity index (χ0) is 16.9. The van der Waals surface area contributed by atoms with Crippen molar-refractivity contribution in [2.75, 3.05) is 19.0 Å². The van der Waals surface area contributed by atoms with Crippen molar-refractivity contribution in [3.05, 3.63) is 59.8 Å². The van der Waals surface area contributed by atoms with E-state index >= 15 is 0 Å². The van der Waals surface area contributed by atoms with Crippen LogP contribution in [-0.4, -0.2) is 24.6 Å². The second-order valence-electron chi connectivity index (χ2n) is 5.69. The Morgan fingerprint density at radius 1 is 1.24 bits per heavy atom. The molecule has 0 amide bonds. The number of ether oxygens (including phenoxy) is 1. The van der Waals surface area contributed by atoms with Gasteiger partial charge in [-0.05, 0) is 36.6 Å². The fourth-order valence-electron chi connectivity index (χ4n) is 2.76. The van der Waals surface area contributed by atoms with Crippen molar-refractivity contribution in [2.45, 2.75) is 13.3 Å². The van der Waals surface area contributed by atoms with E-state index in [4.69, 9.17) is 10.5 Å². The molecule has 1 heterocycles. The van der Waals surface area contributed by atoms with Gasteiger partial charge < -0.3 is 20.8 Å². The number of methoxy groups -OCH3 is 1. The van der Waals surface area contributed by atoms with E-state index < -0.39 is 0 Å². The van der Waals surface area contributed by atoms with Gasteiger partial charge in [-0.3, -0.25) is 4.99 Å². The fourth-order valence-corrected chi connectivity index (χ4v) is 2.76. The molecule has 0 bridgehead atoms. The summed E-state index contributed by atoms with van der Waals surface area (Å²) >= 11 is 0. The van der Waals surface area contributed by atoms with Crippen LogP contribution >= 0.6 is 24.0 Å². The average molecular weight is 450 g/mol. The number of anilines is 1. The quantitative estimate of drug-likeness (QED) is 0.312. The summed E-state index contributed by atoms with van der Waals surface area (Å²) in [5, 5.41) is 4.34. The molecule has 0 atom stereocenters. The van der Waals surface area contributed by atoms with Crippen molar-refractivity contribution < 1.29 is 4.74 Å². The van der Waals surface area contributed by atoms with Gasteiger partial charge in [0.25, 0.3) is 0 Å². The van der Waals surface area contributed by atoms with Crippen LogP contribution < -0.4 is 15.8 Å². The van der Waals surface area contributed by atoms with E-state index in [9.17, 15) is 0 Å². The molecule has 25 heavy (non-hydrogen) atoms. The number of aromatic nitrogens is 1. The fraction of sp³-hybridized carbons (Fsp3) is 0.211. The number of benzene rings is 2. The molecule has 0 aliphatic rings. The number of aliphatic imine (C=N–C) groups is 1. The number of rotatable bonds is 5. The van der Waals surface area contributed by atoms with E-state index in [1.807, 2.05) is 24.3 Å². The topological polar surface area (TPSA) is 75.4 Å². The third-order valence-corrected chi connectivity index (χ3v) is 4.01. The van der Waals surface area contributed by atoms with Crippen LogP contribution in [0, 0.1) is 6.92 Å². The number of nitrogens with zero attached hydrogens (tertiary/aromatic N) is 1. The first-order valence-electron chi connectivity index (χ1n) is 7.94. The van der Waals surface area contributed by atoms with Gasteiger partial charge in [0.05, 0.1) is 7.11 Å². The standard InChI is InChI=1S/C19H22N4O.HI/c1-13-5-3-8-17-14(12-22-18(13)17)9-10-21-19(20)23-15-6-4-7-16(11-15)24-2;/h3-8,11-12,22H,9-10H2,1-2H3,(H3,20,21,23);1H. The van der Waals surface area contributed by atoms with Crippen molar-refractivity contribution in [1.82, 2.24) is 4.98 Å². The molecule has 0 saturated heterocycles. The number of hydrogen-bond donors (Lipinski definition) is 3. The molecular formula is C19H23IN4O. The second-order valence-corrected chi connectivity index (χ2v) is 5.69. The van der Waals surface area contributed by atoms with Crippen LogP contribution in [-0.2, 0) is 6.42 Å². The Kier molecular flexibility index (Phi) is 6.69. The number of para-hydroxylation sites is 1. The molecule has 1 aromatic heterocycles. The molecule has 4 N–H and O–H groups in total. The SMILES string of the molecule is COc1cccc(NC(N)=NCCc2c[nH]c3c(C)cccc23)c1.I. The van der Waals surface area contributed by atoms with Gasteiger partial charge >= 0.3 is 0 Å². The second kappa shape index (κ2) is 8.75. The number of nitrogens with one attached hydrogen (secondary N) is 2. The zero-order valence-electron chi connectivity index (χ0n) is 14.4. The minimum atomic E-state index is 0. The normalized spacial score (nSPS) is 11.2. The summed E-state index contributed by atoms with van der Waals surface area (Å²) in [6, 6.07) is 13.9. The van der Waals surface area contributed by atoms with Crippen LogP contribution in [0.4, 0.5) is 5.69 Å². The van der Waals surface area contributed by atoms with E-state index in [1.165, 1.54) is 22.0 Å². The average Bonchev–Trinajstić information content (AvgIpc) is 3.00. The third kappa shape index (κ3) is 4.66. The summed E-state index contributed by atoms with van der Waals surface area (Å²) in [6.45, 7) is 2.74. The van der Waals surface area contributed by atoms with E-state index in [-0.39, 0.29) is 24.0 Å². The smallest absolute Gasteiger partial charge is 0.193 e. The Labute approximate surface area is 164 Å². The molecular weight excluding hydrogens is 427 g/mol.